The molecule has 5 nitrogen and oxygen atoms in total. The fourth-order valence-electron chi connectivity index (χ4n) is 2.26. The molecule has 0 spiro atoms. The van der Waals surface area contributed by atoms with E-state index >= 15 is 0 Å². The van der Waals surface area contributed by atoms with Crippen LogP contribution in [0.5, 0.6) is 5.75 Å². The van der Waals surface area contributed by atoms with Crippen LogP contribution in [0.4, 0.5) is 10.5 Å². The van der Waals surface area contributed by atoms with Crippen LogP contribution in [-0.4, -0.2) is 24.3 Å². The van der Waals surface area contributed by atoms with Gasteiger partial charge in [-0.3, -0.25) is 0 Å². The average Bonchev–Trinajstić information content (AvgIpc) is 2.60. The molecule has 0 saturated heterocycles. The van der Waals surface area contributed by atoms with Gasteiger partial charge in [-0.1, -0.05) is 44.2 Å². The quantitative estimate of drug-likeness (QED) is 0.683. The van der Waals surface area contributed by atoms with Crippen LogP contribution in [-0.2, 0) is 6.61 Å². The van der Waals surface area contributed by atoms with E-state index in [1.54, 1.807) is 12.1 Å². The van der Waals surface area contributed by atoms with Gasteiger partial charge in [0.05, 0.1) is 0 Å². The first-order valence-corrected chi connectivity index (χ1v) is 8.41. The lowest BCUT2D eigenvalue weighted by Crippen LogP contribution is -2.37. The third-order valence-corrected chi connectivity index (χ3v) is 3.88. The molecule has 0 saturated carbocycles. The molecule has 2 aromatic rings. The number of urea groups is 1. The highest BCUT2D eigenvalue weighted by Gasteiger charge is 2.18. The van der Waals surface area contributed by atoms with E-state index in [4.69, 9.17) is 9.84 Å². The molecule has 0 aromatic heterocycles. The standard InChI is InChI=1S/C20H26N2O3/c1-20(2,12-13-23)15-21-19(24)22-17-8-10-18(11-9-17)25-14-16-6-4-3-5-7-16/h3-11,23H,12-15H2,1-2H3,(H2,21,22,24). The summed E-state index contributed by atoms with van der Waals surface area (Å²) in [4.78, 5) is 11.9. The predicted octanol–water partition coefficient (Wildman–Crippen LogP) is 3.80. The largest absolute Gasteiger partial charge is 0.489 e. The van der Waals surface area contributed by atoms with Gasteiger partial charge in [-0.05, 0) is 41.7 Å². The molecule has 0 radical (unpaired) electrons. The number of carbonyl (C=O) groups is 1. The van der Waals surface area contributed by atoms with Crippen molar-refractivity contribution in [3.8, 4) is 5.75 Å². The number of ether oxygens (including phenoxy) is 1. The molecule has 0 bridgehead atoms. The fraction of sp³-hybridized carbons (Fsp3) is 0.350. The van der Waals surface area contributed by atoms with Crippen molar-refractivity contribution in [3.05, 3.63) is 60.2 Å². The zero-order chi connectivity index (χ0) is 18.1. The van der Waals surface area contributed by atoms with Gasteiger partial charge in [0.2, 0.25) is 0 Å². The summed E-state index contributed by atoms with van der Waals surface area (Å²) in [7, 11) is 0. The maximum absolute atomic E-state index is 11.9. The number of rotatable bonds is 8. The summed E-state index contributed by atoms with van der Waals surface area (Å²) in [5, 5.41) is 14.6. The number of nitrogens with one attached hydrogen (secondary N) is 2. The van der Waals surface area contributed by atoms with Crippen molar-refractivity contribution >= 4 is 11.7 Å². The molecule has 0 atom stereocenters. The van der Waals surface area contributed by atoms with E-state index in [1.165, 1.54) is 0 Å². The third-order valence-electron chi connectivity index (χ3n) is 3.88. The molecule has 3 N–H and O–H groups in total. The average molecular weight is 342 g/mol. The van der Waals surface area contributed by atoms with E-state index in [0.29, 0.717) is 25.3 Å². The number of carbonyl (C=O) groups excluding carboxylic acids is 1. The molecule has 0 aliphatic rings. The van der Waals surface area contributed by atoms with E-state index in [-0.39, 0.29) is 18.1 Å². The summed E-state index contributed by atoms with van der Waals surface area (Å²) >= 11 is 0. The van der Waals surface area contributed by atoms with Crippen molar-refractivity contribution in [2.75, 3.05) is 18.5 Å². The van der Waals surface area contributed by atoms with Crippen LogP contribution in [0.3, 0.4) is 0 Å². The van der Waals surface area contributed by atoms with Crippen molar-refractivity contribution in [2.24, 2.45) is 5.41 Å². The SMILES string of the molecule is CC(C)(CCO)CNC(=O)Nc1ccc(OCc2ccccc2)cc1. The Morgan fingerprint density at radius 1 is 1.08 bits per heavy atom. The van der Waals surface area contributed by atoms with E-state index in [0.717, 1.165) is 11.3 Å². The second-order valence-corrected chi connectivity index (χ2v) is 6.74. The summed E-state index contributed by atoms with van der Waals surface area (Å²) in [6.45, 7) is 5.12. The summed E-state index contributed by atoms with van der Waals surface area (Å²) in [5.74, 6) is 0.749. The zero-order valence-electron chi connectivity index (χ0n) is 14.8. The van der Waals surface area contributed by atoms with Crippen LogP contribution in [0.15, 0.2) is 54.6 Å². The Balaban J connectivity index is 1.78. The highest BCUT2D eigenvalue weighted by molar-refractivity contribution is 5.89. The molecular weight excluding hydrogens is 316 g/mol. The predicted molar refractivity (Wildman–Crippen MR) is 99.7 cm³/mol. The van der Waals surface area contributed by atoms with Gasteiger partial charge in [0.25, 0.3) is 0 Å². The van der Waals surface area contributed by atoms with Gasteiger partial charge in [-0.25, -0.2) is 4.79 Å². The molecule has 2 aromatic carbocycles. The van der Waals surface area contributed by atoms with Crippen molar-refractivity contribution in [1.82, 2.24) is 5.32 Å². The first kappa shape index (κ1) is 18.8. The molecule has 2 rings (SSSR count). The normalized spacial score (nSPS) is 11.0. The summed E-state index contributed by atoms with van der Waals surface area (Å²) in [6.07, 6.45) is 0.640. The van der Waals surface area contributed by atoms with Crippen LogP contribution in [0.25, 0.3) is 0 Å². The second-order valence-electron chi connectivity index (χ2n) is 6.74. The number of hydrogen-bond acceptors (Lipinski definition) is 3. The lowest BCUT2D eigenvalue weighted by Gasteiger charge is -2.23. The number of anilines is 1. The van der Waals surface area contributed by atoms with Gasteiger partial charge in [-0.2, -0.15) is 0 Å². The minimum absolute atomic E-state index is 0.112. The number of aliphatic hydroxyl groups is 1. The van der Waals surface area contributed by atoms with Crippen LogP contribution < -0.4 is 15.4 Å². The molecule has 0 aliphatic heterocycles. The number of hydrogen-bond donors (Lipinski definition) is 3. The molecule has 0 heterocycles. The van der Waals surface area contributed by atoms with Crippen LogP contribution in [0.1, 0.15) is 25.8 Å². The number of benzene rings is 2. The van der Waals surface area contributed by atoms with Gasteiger partial charge in [-0.15, -0.1) is 0 Å². The number of aliphatic hydroxyl groups excluding tert-OH is 1. The summed E-state index contributed by atoms with van der Waals surface area (Å²) < 4.78 is 5.72. The molecule has 0 fully saturated rings. The molecule has 134 valence electrons. The molecular formula is C20H26N2O3. The van der Waals surface area contributed by atoms with Gasteiger partial charge in [0, 0.05) is 18.8 Å². The first-order valence-electron chi connectivity index (χ1n) is 8.41. The monoisotopic (exact) mass is 342 g/mol. The van der Waals surface area contributed by atoms with Gasteiger partial charge < -0.3 is 20.5 Å². The summed E-state index contributed by atoms with van der Waals surface area (Å²) in [5.41, 5.74) is 1.67. The van der Waals surface area contributed by atoms with E-state index in [1.807, 2.05) is 56.3 Å². The van der Waals surface area contributed by atoms with Crippen LogP contribution in [0, 0.1) is 5.41 Å². The summed E-state index contributed by atoms with van der Waals surface area (Å²) in [6, 6.07) is 17.0. The highest BCUT2D eigenvalue weighted by Crippen LogP contribution is 2.19. The lowest BCUT2D eigenvalue weighted by molar-refractivity contribution is 0.204. The Labute approximate surface area is 149 Å². The Morgan fingerprint density at radius 2 is 1.76 bits per heavy atom. The molecule has 2 amide bonds. The van der Waals surface area contributed by atoms with Crippen molar-refractivity contribution < 1.29 is 14.6 Å². The molecule has 5 heteroatoms. The van der Waals surface area contributed by atoms with E-state index < -0.39 is 0 Å². The third kappa shape index (κ3) is 6.85. The van der Waals surface area contributed by atoms with E-state index in [2.05, 4.69) is 10.6 Å². The van der Waals surface area contributed by atoms with Gasteiger partial charge in [0.1, 0.15) is 12.4 Å². The maximum atomic E-state index is 11.9. The minimum Gasteiger partial charge on any atom is -0.489 e. The Kier molecular flexibility index (Phi) is 6.83. The molecule has 25 heavy (non-hydrogen) atoms. The second kappa shape index (κ2) is 9.08. The van der Waals surface area contributed by atoms with Crippen LogP contribution >= 0.6 is 0 Å². The van der Waals surface area contributed by atoms with Crippen LogP contribution in [0.2, 0.25) is 0 Å². The molecule has 0 unspecified atom stereocenters. The number of amides is 2. The highest BCUT2D eigenvalue weighted by atomic mass is 16.5. The van der Waals surface area contributed by atoms with Crippen molar-refractivity contribution in [3.63, 3.8) is 0 Å². The topological polar surface area (TPSA) is 70.6 Å². The van der Waals surface area contributed by atoms with E-state index in [9.17, 15) is 4.79 Å². The van der Waals surface area contributed by atoms with Crippen molar-refractivity contribution in [1.29, 1.82) is 0 Å². The Hall–Kier alpha value is -2.53. The van der Waals surface area contributed by atoms with Crippen molar-refractivity contribution in [2.45, 2.75) is 26.9 Å². The first-order chi connectivity index (χ1) is 12.0. The smallest absolute Gasteiger partial charge is 0.319 e. The maximum Gasteiger partial charge on any atom is 0.319 e. The molecule has 0 aliphatic carbocycles. The van der Waals surface area contributed by atoms with Gasteiger partial charge in [0.15, 0.2) is 0 Å². The Morgan fingerprint density at radius 3 is 2.40 bits per heavy atom. The zero-order valence-corrected chi connectivity index (χ0v) is 14.8. The fourth-order valence-corrected chi connectivity index (χ4v) is 2.26. The Bertz CT molecular complexity index is 654. The lowest BCUT2D eigenvalue weighted by atomic mass is 9.90. The minimum atomic E-state index is -0.260. The van der Waals surface area contributed by atoms with Gasteiger partial charge >= 0.3 is 6.03 Å².